The predicted molar refractivity (Wildman–Crippen MR) is 486 cm³/mol. The van der Waals surface area contributed by atoms with E-state index in [0.717, 1.165) is 17.1 Å². The normalized spacial score (nSPS) is 14.5. The fourth-order valence-corrected chi connectivity index (χ4v) is 19.2. The average Bonchev–Trinajstić information content (AvgIpc) is 1.45. The lowest BCUT2D eigenvalue weighted by Gasteiger charge is -2.40. The number of hydrogen-bond donors (Lipinski definition) is 0. The summed E-state index contributed by atoms with van der Waals surface area (Å²) >= 11 is 0. The number of fused-ring (bicyclic) bond motifs is 19. The van der Waals surface area contributed by atoms with Crippen LogP contribution >= 0.6 is 0 Å². The third-order valence-corrected chi connectivity index (χ3v) is 26.2. The van der Waals surface area contributed by atoms with Gasteiger partial charge in [-0.05, 0) is 230 Å². The topological polar surface area (TPSA) is 24.6 Å². The van der Waals surface area contributed by atoms with E-state index in [9.17, 15) is 0 Å². The first-order valence-corrected chi connectivity index (χ1v) is 41.7. The van der Waals surface area contributed by atoms with Crippen LogP contribution in [-0.2, 0) is 54.1 Å². The second-order valence-corrected chi connectivity index (χ2v) is 44.5. The first kappa shape index (κ1) is 73.9. The highest BCUT2D eigenvalue weighted by Crippen LogP contribution is 2.62. The molecule has 0 saturated heterocycles. The van der Waals surface area contributed by atoms with Crippen molar-refractivity contribution in [2.45, 2.75) is 268 Å². The van der Waals surface area contributed by atoms with Gasteiger partial charge in [-0.15, -0.1) is 0 Å². The first-order valence-electron chi connectivity index (χ1n) is 41.7. The fraction of sp³-hybridized carbons (Fsp3) is 0.383. The molecule has 7 heterocycles. The zero-order chi connectivity index (χ0) is 80.2. The molecule has 5 heteroatoms. The summed E-state index contributed by atoms with van der Waals surface area (Å²) in [6.07, 6.45) is 0. The third kappa shape index (κ3) is 10.9. The lowest BCUT2D eigenvalue weighted by Crippen LogP contribution is -2.28. The maximum absolute atomic E-state index is 2.85. The molecule has 11 aromatic carbocycles. The van der Waals surface area contributed by atoms with Crippen molar-refractivity contribution in [3.05, 3.63) is 242 Å². The van der Waals surface area contributed by atoms with Crippen LogP contribution in [0.15, 0.2) is 170 Å². The summed E-state index contributed by atoms with van der Waals surface area (Å²) in [7, 11) is 0. The zero-order valence-electron chi connectivity index (χ0n) is 73.0. The molecule has 16 aromatic rings. The van der Waals surface area contributed by atoms with Gasteiger partial charge in [0.25, 0.3) is 0 Å². The van der Waals surface area contributed by atoms with Gasteiger partial charge >= 0.3 is 0 Å². The van der Waals surface area contributed by atoms with E-state index in [-0.39, 0.29) is 60.1 Å². The Labute approximate surface area is 666 Å². The minimum absolute atomic E-state index is 0.131. The van der Waals surface area contributed by atoms with Crippen molar-refractivity contribution in [2.75, 3.05) is 0 Å². The molecule has 0 unspecified atom stereocenters. The van der Waals surface area contributed by atoms with Crippen LogP contribution in [0.5, 0.6) is 0 Å². The Morgan fingerprint density at radius 3 is 0.518 bits per heavy atom. The number of nitrogens with zero attached hydrogens (tertiary/aromatic N) is 5. The van der Waals surface area contributed by atoms with E-state index >= 15 is 0 Å². The van der Waals surface area contributed by atoms with Crippen molar-refractivity contribution in [2.24, 2.45) is 0 Å². The van der Waals surface area contributed by atoms with Gasteiger partial charge in [-0.3, -0.25) is 0 Å². The molecule has 0 aliphatic carbocycles. The molecule has 0 fully saturated rings. The van der Waals surface area contributed by atoms with E-state index in [4.69, 9.17) is 0 Å². The van der Waals surface area contributed by atoms with E-state index in [1.165, 1.54) is 193 Å². The molecule has 0 N–H and O–H groups in total. The molecule has 0 bridgehead atoms. The SMILES string of the molecule is CC(C)(C)c1ccc2c(c1)c1cc(C(C)(C)C)ccc1n2-c1c(-n2c3ccc(C(C)(C)C)cc3c3cc(C(C)(C)C)ccc32)c2c3c(c1-n1c4ccc(C(C)(C)C)cc4c4cc(C(C)(C)C)ccc41)-n1c4ccc(C(C)(C)C)cc4c4cc(C(C)(C)C)cc(c41)C3c1cc(C(C)(C)C)cc3c4cc(C(C)(C)C)ccc4n-2c13. The van der Waals surface area contributed by atoms with Crippen molar-refractivity contribution < 1.29 is 0 Å². The molecule has 0 radical (unpaired) electrons. The second kappa shape index (κ2) is 23.1. The quantitative estimate of drug-likeness (QED) is 0.168. The number of rotatable bonds is 3. The summed E-state index contributed by atoms with van der Waals surface area (Å²) in [5.41, 5.74) is 33.6. The summed E-state index contributed by atoms with van der Waals surface area (Å²) in [6.45, 7) is 71.9. The highest BCUT2D eigenvalue weighted by molar-refractivity contribution is 6.21. The van der Waals surface area contributed by atoms with Crippen molar-refractivity contribution in [1.29, 1.82) is 0 Å². The van der Waals surface area contributed by atoms with Gasteiger partial charge in [-0.25, -0.2) is 0 Å². The maximum Gasteiger partial charge on any atom is 0.0990 e. The molecule has 0 amide bonds. The number of hydrogen-bond acceptors (Lipinski definition) is 0. The van der Waals surface area contributed by atoms with E-state index in [2.05, 4.69) is 400 Å². The number of aromatic nitrogens is 5. The third-order valence-electron chi connectivity index (χ3n) is 26.2. The lowest BCUT2D eigenvalue weighted by molar-refractivity contribution is 0.588. The van der Waals surface area contributed by atoms with Crippen LogP contribution in [0, 0.1) is 0 Å². The molecular weight excluding hydrogens is 1360 g/mol. The predicted octanol–water partition coefficient (Wildman–Crippen LogP) is 30.0. The summed E-state index contributed by atoms with van der Waals surface area (Å²) in [6, 6.07) is 71.1. The fourth-order valence-electron chi connectivity index (χ4n) is 19.2. The summed E-state index contributed by atoms with van der Waals surface area (Å²) < 4.78 is 14.1. The molecule has 572 valence electrons. The first-order chi connectivity index (χ1) is 51.9. The van der Waals surface area contributed by atoms with Gasteiger partial charge in [0.05, 0.1) is 83.6 Å². The van der Waals surface area contributed by atoms with Crippen LogP contribution < -0.4 is 0 Å². The van der Waals surface area contributed by atoms with Gasteiger partial charge in [0.2, 0.25) is 0 Å². The van der Waals surface area contributed by atoms with Gasteiger partial charge in [-0.2, -0.15) is 0 Å². The lowest BCUT2D eigenvalue weighted by atomic mass is 9.73. The monoisotopic (exact) mass is 1470 g/mol. The zero-order valence-corrected chi connectivity index (χ0v) is 73.0. The Morgan fingerprint density at radius 2 is 0.330 bits per heavy atom. The van der Waals surface area contributed by atoms with Gasteiger partial charge in [0, 0.05) is 65.3 Å². The van der Waals surface area contributed by atoms with Crippen LogP contribution in [-0.4, -0.2) is 22.8 Å². The molecule has 0 spiro atoms. The minimum atomic E-state index is -0.271. The van der Waals surface area contributed by atoms with Crippen molar-refractivity contribution in [3.8, 4) is 28.4 Å². The van der Waals surface area contributed by atoms with Crippen LogP contribution in [0.3, 0.4) is 0 Å². The Kier molecular flexibility index (Phi) is 15.2. The molecule has 2 aliphatic heterocycles. The van der Waals surface area contributed by atoms with Gasteiger partial charge in [-0.1, -0.05) is 268 Å². The van der Waals surface area contributed by atoms with E-state index in [0.29, 0.717) is 0 Å². The Bertz CT molecular complexity index is 6260. The van der Waals surface area contributed by atoms with E-state index in [1.54, 1.807) is 0 Å². The van der Waals surface area contributed by atoms with Gasteiger partial charge in [0.1, 0.15) is 0 Å². The largest absolute Gasteiger partial charge is 0.306 e. The molecule has 18 rings (SSSR count). The standard InChI is InChI=1S/C107H119N5/c1-98(2,3)59-31-39-81-69(47-59)70-48-60(99(4,5)6)32-40-82(70)108(81)95-93-90-89(79-57-67(106(25,26)27)55-77-75-53-65(104(19,20)21)37-45-87(75)111(93)91(77)79)80-58-68(107(28,29)30)56-78-76-54-66(105(22,23)24)38-46-88(76)112(92(78)80)94(90)96(109-83-41-33-61(100(7,8)9)49-71(83)72-50-62(101(10,11)12)34-42-84(72)109)97(95)110-85-43-35-63(102(13,14)15)51-73(85)74-52-64(103(16,17)18)36-44-86(74)110/h31-58,89H,1-30H3. The van der Waals surface area contributed by atoms with Crippen LogP contribution in [0.4, 0.5) is 0 Å². The summed E-state index contributed by atoms with van der Waals surface area (Å²) in [5, 5.41) is 12.7. The van der Waals surface area contributed by atoms with Crippen LogP contribution in [0.1, 0.15) is 286 Å². The Balaban J connectivity index is 1.24. The molecular formula is C107H119N5. The summed E-state index contributed by atoms with van der Waals surface area (Å²) in [5.74, 6) is -0.271. The molecule has 0 atom stereocenters. The Morgan fingerprint density at radius 1 is 0.170 bits per heavy atom. The number of benzene rings is 11. The maximum atomic E-state index is 2.85. The minimum Gasteiger partial charge on any atom is -0.306 e. The van der Waals surface area contributed by atoms with Crippen molar-refractivity contribution in [1.82, 2.24) is 22.8 Å². The van der Waals surface area contributed by atoms with E-state index in [1.807, 2.05) is 0 Å². The van der Waals surface area contributed by atoms with Gasteiger partial charge < -0.3 is 22.8 Å². The molecule has 5 aromatic heterocycles. The van der Waals surface area contributed by atoms with Crippen LogP contribution in [0.2, 0.25) is 0 Å². The van der Waals surface area contributed by atoms with Crippen molar-refractivity contribution >= 4 is 109 Å². The summed E-state index contributed by atoms with van der Waals surface area (Å²) in [4.78, 5) is 0. The second-order valence-electron chi connectivity index (χ2n) is 44.5. The molecule has 0 saturated carbocycles. The molecule has 112 heavy (non-hydrogen) atoms. The average molecular weight is 1480 g/mol. The van der Waals surface area contributed by atoms with Crippen molar-refractivity contribution in [3.63, 3.8) is 0 Å². The van der Waals surface area contributed by atoms with Gasteiger partial charge in [0.15, 0.2) is 0 Å². The smallest absolute Gasteiger partial charge is 0.0990 e. The van der Waals surface area contributed by atoms with Crippen LogP contribution in [0.25, 0.3) is 137 Å². The highest BCUT2D eigenvalue weighted by atomic mass is 15.2. The van der Waals surface area contributed by atoms with E-state index < -0.39 is 0 Å². The molecule has 5 nitrogen and oxygen atoms in total. The highest BCUT2D eigenvalue weighted by Gasteiger charge is 2.47. The Hall–Kier alpha value is -9.58. The molecule has 2 aliphatic rings.